The summed E-state index contributed by atoms with van der Waals surface area (Å²) in [6.45, 7) is 3.53. The molecular weight excluding hydrogens is 344 g/mol. The Kier molecular flexibility index (Phi) is 4.50. The third kappa shape index (κ3) is 3.62. The van der Waals surface area contributed by atoms with Crippen molar-refractivity contribution in [2.45, 2.75) is 31.5 Å². The van der Waals surface area contributed by atoms with E-state index in [-0.39, 0.29) is 17.6 Å². The third-order valence-corrected chi connectivity index (χ3v) is 4.95. The minimum Gasteiger partial charge on any atom is -0.473 e. The summed E-state index contributed by atoms with van der Waals surface area (Å²) in [5.74, 6) is 0.451. The predicted octanol–water partition coefficient (Wildman–Crippen LogP) is 2.11. The Labute approximate surface area is 157 Å². The van der Waals surface area contributed by atoms with Crippen molar-refractivity contribution in [3.05, 3.63) is 53.5 Å². The molecule has 2 aliphatic heterocycles. The van der Waals surface area contributed by atoms with Gasteiger partial charge in [-0.15, -0.1) is 0 Å². The molecule has 1 aromatic heterocycles. The van der Waals surface area contributed by atoms with Gasteiger partial charge in [0.1, 0.15) is 11.7 Å². The Balaban J connectivity index is 1.38. The molecule has 0 saturated carbocycles. The van der Waals surface area contributed by atoms with Gasteiger partial charge in [0, 0.05) is 24.6 Å². The van der Waals surface area contributed by atoms with Gasteiger partial charge in [-0.1, -0.05) is 6.07 Å². The molecule has 1 spiro atoms. The number of hydrogen-bond donors (Lipinski definition) is 0. The van der Waals surface area contributed by atoms with Crippen LogP contribution in [0.2, 0.25) is 0 Å². The second kappa shape index (κ2) is 6.97. The molecule has 1 amide bonds. The minimum atomic E-state index is -0.358. The number of benzene rings is 1. The van der Waals surface area contributed by atoms with E-state index in [4.69, 9.17) is 14.7 Å². The highest BCUT2D eigenvalue weighted by atomic mass is 16.5. The highest BCUT2D eigenvalue weighted by Crippen LogP contribution is 2.36. The fraction of sp³-hybridized carbons (Fsp3) is 0.400. The summed E-state index contributed by atoms with van der Waals surface area (Å²) in [5, 5.41) is 9.00. The molecule has 2 fully saturated rings. The zero-order valence-electron chi connectivity index (χ0n) is 15.1. The molecule has 4 rings (SSSR count). The van der Waals surface area contributed by atoms with Gasteiger partial charge < -0.3 is 14.4 Å². The molecule has 2 saturated heterocycles. The number of aryl methyl sites for hydroxylation is 1. The Morgan fingerprint density at radius 3 is 3.04 bits per heavy atom. The van der Waals surface area contributed by atoms with Crippen molar-refractivity contribution < 1.29 is 14.3 Å². The van der Waals surface area contributed by atoms with Crippen molar-refractivity contribution >= 4 is 5.91 Å². The van der Waals surface area contributed by atoms with E-state index in [1.165, 1.54) is 0 Å². The zero-order valence-corrected chi connectivity index (χ0v) is 15.1. The molecule has 0 N–H and O–H groups in total. The first kappa shape index (κ1) is 17.4. The summed E-state index contributed by atoms with van der Waals surface area (Å²) in [7, 11) is 0. The van der Waals surface area contributed by atoms with Crippen molar-refractivity contribution in [2.75, 3.05) is 19.7 Å². The summed E-state index contributed by atoms with van der Waals surface area (Å²) >= 11 is 0. The molecule has 27 heavy (non-hydrogen) atoms. The van der Waals surface area contributed by atoms with Gasteiger partial charge in [-0.3, -0.25) is 9.78 Å². The van der Waals surface area contributed by atoms with Crippen LogP contribution in [0.15, 0.2) is 36.7 Å². The fourth-order valence-electron chi connectivity index (χ4n) is 3.67. The lowest BCUT2D eigenvalue weighted by Gasteiger charge is -2.52. The predicted molar refractivity (Wildman–Crippen MR) is 96.2 cm³/mol. The molecule has 7 heteroatoms. The van der Waals surface area contributed by atoms with E-state index in [1.807, 2.05) is 6.92 Å². The maximum absolute atomic E-state index is 12.6. The van der Waals surface area contributed by atoms with Crippen molar-refractivity contribution in [3.63, 3.8) is 0 Å². The van der Waals surface area contributed by atoms with Crippen molar-refractivity contribution in [3.8, 4) is 11.9 Å². The molecule has 1 atom stereocenters. The number of amides is 1. The number of nitrogens with zero attached hydrogens (tertiary/aromatic N) is 4. The van der Waals surface area contributed by atoms with Gasteiger partial charge >= 0.3 is 0 Å². The lowest BCUT2D eigenvalue weighted by Crippen LogP contribution is -2.67. The quantitative estimate of drug-likeness (QED) is 0.829. The van der Waals surface area contributed by atoms with Crippen LogP contribution in [0.4, 0.5) is 0 Å². The SMILES string of the molecule is Cc1cncc(OC2CCOC3(C2)CN(C(=O)c2cccc(C#N)c2)C3)n1. The molecular formula is C20H20N4O3. The van der Waals surface area contributed by atoms with Crippen LogP contribution in [0.5, 0.6) is 5.88 Å². The van der Waals surface area contributed by atoms with Gasteiger partial charge in [0.05, 0.1) is 43.2 Å². The smallest absolute Gasteiger partial charge is 0.254 e. The van der Waals surface area contributed by atoms with Crippen LogP contribution < -0.4 is 4.74 Å². The number of ether oxygens (including phenoxy) is 2. The molecule has 2 aliphatic rings. The summed E-state index contributed by atoms with van der Waals surface area (Å²) in [6.07, 6.45) is 4.80. The summed E-state index contributed by atoms with van der Waals surface area (Å²) < 4.78 is 12.0. The summed E-state index contributed by atoms with van der Waals surface area (Å²) in [4.78, 5) is 22.8. The monoisotopic (exact) mass is 364 g/mol. The van der Waals surface area contributed by atoms with E-state index in [1.54, 1.807) is 41.6 Å². The van der Waals surface area contributed by atoms with E-state index in [9.17, 15) is 4.79 Å². The largest absolute Gasteiger partial charge is 0.473 e. The van der Waals surface area contributed by atoms with Crippen LogP contribution in [-0.2, 0) is 4.74 Å². The van der Waals surface area contributed by atoms with Crippen LogP contribution in [0.3, 0.4) is 0 Å². The number of nitriles is 1. The normalized spacial score (nSPS) is 20.6. The summed E-state index contributed by atoms with van der Waals surface area (Å²) in [5.41, 5.74) is 1.47. The second-order valence-electron chi connectivity index (χ2n) is 7.12. The number of rotatable bonds is 3. The molecule has 7 nitrogen and oxygen atoms in total. The number of carbonyl (C=O) groups is 1. The van der Waals surface area contributed by atoms with Gasteiger partial charge in [-0.2, -0.15) is 5.26 Å². The highest BCUT2D eigenvalue weighted by molar-refractivity contribution is 5.95. The molecule has 138 valence electrons. The third-order valence-electron chi connectivity index (χ3n) is 4.95. The van der Waals surface area contributed by atoms with Gasteiger partial charge in [0.2, 0.25) is 5.88 Å². The Morgan fingerprint density at radius 2 is 2.26 bits per heavy atom. The molecule has 0 radical (unpaired) electrons. The van der Waals surface area contributed by atoms with E-state index in [0.29, 0.717) is 43.1 Å². The van der Waals surface area contributed by atoms with E-state index in [2.05, 4.69) is 16.0 Å². The molecule has 3 heterocycles. The first-order valence-electron chi connectivity index (χ1n) is 8.96. The molecule has 0 bridgehead atoms. The number of aromatic nitrogens is 2. The molecule has 0 aliphatic carbocycles. The maximum atomic E-state index is 12.6. The van der Waals surface area contributed by atoms with Crippen molar-refractivity contribution in [2.24, 2.45) is 0 Å². The second-order valence-corrected chi connectivity index (χ2v) is 7.12. The number of likely N-dealkylation sites (tertiary alicyclic amines) is 1. The lowest BCUT2D eigenvalue weighted by atomic mass is 9.84. The van der Waals surface area contributed by atoms with E-state index < -0.39 is 0 Å². The van der Waals surface area contributed by atoms with Crippen LogP contribution in [0.25, 0.3) is 0 Å². The zero-order chi connectivity index (χ0) is 18.9. The Hall–Kier alpha value is -2.98. The number of carbonyl (C=O) groups excluding carboxylic acids is 1. The van der Waals surface area contributed by atoms with Gasteiger partial charge in [-0.25, -0.2) is 4.98 Å². The summed E-state index contributed by atoms with van der Waals surface area (Å²) in [6, 6.07) is 8.84. The molecule has 2 aromatic rings. The number of hydrogen-bond acceptors (Lipinski definition) is 6. The molecule has 1 aromatic carbocycles. The topological polar surface area (TPSA) is 88.3 Å². The Morgan fingerprint density at radius 1 is 1.41 bits per heavy atom. The standard InChI is InChI=1S/C20H20N4O3/c1-14-10-22-11-18(23-14)27-17-5-6-26-20(8-17)12-24(13-20)19(25)16-4-2-3-15(7-16)9-21/h2-4,7,10-11,17H,5-6,8,12-13H2,1H3. The Bertz CT molecular complexity index is 902. The minimum absolute atomic E-state index is 0.00554. The highest BCUT2D eigenvalue weighted by Gasteiger charge is 2.50. The van der Waals surface area contributed by atoms with E-state index in [0.717, 1.165) is 12.1 Å². The average Bonchev–Trinajstić information content (AvgIpc) is 2.66. The van der Waals surface area contributed by atoms with Crippen molar-refractivity contribution in [1.29, 1.82) is 5.26 Å². The van der Waals surface area contributed by atoms with E-state index >= 15 is 0 Å². The fourth-order valence-corrected chi connectivity index (χ4v) is 3.67. The van der Waals surface area contributed by atoms with Crippen LogP contribution in [0, 0.1) is 18.3 Å². The lowest BCUT2D eigenvalue weighted by molar-refractivity contribution is -0.174. The van der Waals surface area contributed by atoms with Crippen LogP contribution >= 0.6 is 0 Å². The first-order chi connectivity index (χ1) is 13.1. The van der Waals surface area contributed by atoms with Crippen LogP contribution in [0.1, 0.15) is 34.5 Å². The van der Waals surface area contributed by atoms with Gasteiger partial charge in [-0.05, 0) is 25.1 Å². The van der Waals surface area contributed by atoms with Crippen molar-refractivity contribution in [1.82, 2.24) is 14.9 Å². The van der Waals surface area contributed by atoms with Crippen LogP contribution in [-0.4, -0.2) is 52.2 Å². The molecule has 1 unspecified atom stereocenters. The maximum Gasteiger partial charge on any atom is 0.254 e. The van der Waals surface area contributed by atoms with Gasteiger partial charge in [0.25, 0.3) is 5.91 Å². The average molecular weight is 364 g/mol. The first-order valence-corrected chi connectivity index (χ1v) is 8.96. The van der Waals surface area contributed by atoms with Gasteiger partial charge in [0.15, 0.2) is 0 Å².